The number of anilines is 1. The van der Waals surface area contributed by atoms with E-state index >= 15 is 0 Å². The molecule has 21 heavy (non-hydrogen) atoms. The highest BCUT2D eigenvalue weighted by Crippen LogP contribution is 2.29. The molecule has 1 aromatic heterocycles. The van der Waals surface area contributed by atoms with E-state index < -0.39 is 17.9 Å². The first-order valence-corrected chi connectivity index (χ1v) is 6.89. The van der Waals surface area contributed by atoms with Crippen molar-refractivity contribution in [2.24, 2.45) is 5.92 Å². The summed E-state index contributed by atoms with van der Waals surface area (Å²) in [6.45, 7) is 0.152. The number of hydrogen-bond donors (Lipinski definition) is 0. The molecule has 1 fully saturated rings. The van der Waals surface area contributed by atoms with Crippen LogP contribution < -0.4 is 4.90 Å². The van der Waals surface area contributed by atoms with E-state index in [1.54, 1.807) is 0 Å². The Balaban J connectivity index is 2.36. The largest absolute Gasteiger partial charge is 0.469 e. The SMILES string of the molecule is COC(=O)c1cc(Br)ncc1N1CC(C(=O)OC)CC1=O. The highest BCUT2D eigenvalue weighted by atomic mass is 79.9. The second-order valence-corrected chi connectivity index (χ2v) is 5.26. The quantitative estimate of drug-likeness (QED) is 0.596. The van der Waals surface area contributed by atoms with Gasteiger partial charge in [0, 0.05) is 13.0 Å². The van der Waals surface area contributed by atoms with Gasteiger partial charge in [0.1, 0.15) is 4.60 Å². The number of aromatic nitrogens is 1. The summed E-state index contributed by atoms with van der Waals surface area (Å²) < 4.78 is 9.80. The maximum atomic E-state index is 12.1. The van der Waals surface area contributed by atoms with Gasteiger partial charge in [0.15, 0.2) is 0 Å². The Morgan fingerprint density at radius 1 is 1.38 bits per heavy atom. The fourth-order valence-corrected chi connectivity index (χ4v) is 2.51. The van der Waals surface area contributed by atoms with Crippen molar-refractivity contribution < 1.29 is 23.9 Å². The highest BCUT2D eigenvalue weighted by molar-refractivity contribution is 9.10. The fourth-order valence-electron chi connectivity index (χ4n) is 2.18. The number of carbonyl (C=O) groups excluding carboxylic acids is 3. The van der Waals surface area contributed by atoms with Crippen LogP contribution in [0.1, 0.15) is 16.8 Å². The monoisotopic (exact) mass is 356 g/mol. The fraction of sp³-hybridized carbons (Fsp3) is 0.385. The third-order valence-corrected chi connectivity index (χ3v) is 3.64. The first kappa shape index (κ1) is 15.4. The maximum Gasteiger partial charge on any atom is 0.340 e. The molecule has 1 atom stereocenters. The number of hydrogen-bond acceptors (Lipinski definition) is 6. The number of rotatable bonds is 3. The number of nitrogens with zero attached hydrogens (tertiary/aromatic N) is 2. The van der Waals surface area contributed by atoms with Gasteiger partial charge in [-0.3, -0.25) is 9.59 Å². The summed E-state index contributed by atoms with van der Waals surface area (Å²) in [4.78, 5) is 40.8. The Hall–Kier alpha value is -1.96. The van der Waals surface area contributed by atoms with Gasteiger partial charge >= 0.3 is 11.9 Å². The van der Waals surface area contributed by atoms with Crippen LogP contribution in [-0.2, 0) is 19.1 Å². The van der Waals surface area contributed by atoms with Crippen LogP contribution in [0.15, 0.2) is 16.9 Å². The third kappa shape index (κ3) is 3.05. The van der Waals surface area contributed by atoms with Gasteiger partial charge < -0.3 is 14.4 Å². The third-order valence-electron chi connectivity index (χ3n) is 3.21. The molecule has 2 heterocycles. The molecule has 112 valence electrons. The zero-order valence-corrected chi connectivity index (χ0v) is 13.0. The van der Waals surface area contributed by atoms with Crippen molar-refractivity contribution >= 4 is 39.5 Å². The summed E-state index contributed by atoms with van der Waals surface area (Å²) in [5.74, 6) is -1.84. The van der Waals surface area contributed by atoms with E-state index in [0.717, 1.165) is 0 Å². The summed E-state index contributed by atoms with van der Waals surface area (Å²) in [6, 6.07) is 1.47. The molecule has 1 aromatic rings. The molecule has 0 aliphatic carbocycles. The summed E-state index contributed by atoms with van der Waals surface area (Å²) in [6.07, 6.45) is 1.44. The molecule has 1 saturated heterocycles. The summed E-state index contributed by atoms with van der Waals surface area (Å²) in [5.41, 5.74) is 0.527. The minimum absolute atomic E-state index is 0.0450. The van der Waals surface area contributed by atoms with E-state index in [9.17, 15) is 14.4 Å². The molecule has 1 amide bonds. The van der Waals surface area contributed by atoms with E-state index in [4.69, 9.17) is 4.74 Å². The molecule has 0 N–H and O–H groups in total. The van der Waals surface area contributed by atoms with Crippen LogP contribution in [0.3, 0.4) is 0 Å². The number of amides is 1. The Kier molecular flexibility index (Phi) is 4.56. The Morgan fingerprint density at radius 2 is 2.10 bits per heavy atom. The highest BCUT2D eigenvalue weighted by Gasteiger charge is 2.37. The first-order chi connectivity index (χ1) is 9.97. The molecule has 1 aliphatic heterocycles. The summed E-state index contributed by atoms with van der Waals surface area (Å²) >= 11 is 3.17. The molecule has 0 aromatic carbocycles. The zero-order chi connectivity index (χ0) is 15.6. The van der Waals surface area contributed by atoms with Crippen molar-refractivity contribution in [3.63, 3.8) is 0 Å². The lowest BCUT2D eigenvalue weighted by atomic mass is 10.1. The van der Waals surface area contributed by atoms with Gasteiger partial charge in [-0.15, -0.1) is 0 Å². The van der Waals surface area contributed by atoms with Gasteiger partial charge in [-0.05, 0) is 22.0 Å². The van der Waals surface area contributed by atoms with Crippen LogP contribution in [-0.4, -0.2) is 43.6 Å². The molecule has 1 unspecified atom stereocenters. The number of methoxy groups -OCH3 is 2. The van der Waals surface area contributed by atoms with Crippen molar-refractivity contribution in [1.82, 2.24) is 4.98 Å². The predicted molar refractivity (Wildman–Crippen MR) is 75.8 cm³/mol. The van der Waals surface area contributed by atoms with E-state index in [-0.39, 0.29) is 24.4 Å². The number of carbonyl (C=O) groups is 3. The molecular weight excluding hydrogens is 344 g/mol. The average Bonchev–Trinajstić information content (AvgIpc) is 2.87. The second kappa shape index (κ2) is 6.21. The van der Waals surface area contributed by atoms with Crippen LogP contribution in [0, 0.1) is 5.92 Å². The minimum Gasteiger partial charge on any atom is -0.469 e. The number of pyridine rings is 1. The van der Waals surface area contributed by atoms with Gasteiger partial charge in [-0.1, -0.05) is 0 Å². The lowest BCUT2D eigenvalue weighted by molar-refractivity contribution is -0.145. The summed E-state index contributed by atoms with van der Waals surface area (Å²) in [7, 11) is 2.53. The van der Waals surface area contributed by atoms with Gasteiger partial charge in [-0.25, -0.2) is 9.78 Å². The van der Waals surface area contributed by atoms with Crippen LogP contribution in [0.25, 0.3) is 0 Å². The molecule has 0 spiro atoms. The lowest BCUT2D eigenvalue weighted by Crippen LogP contribution is -2.28. The molecule has 0 bridgehead atoms. The number of ether oxygens (including phenoxy) is 2. The minimum atomic E-state index is -0.581. The number of halogens is 1. The average molecular weight is 357 g/mol. The molecule has 1 aliphatic rings. The lowest BCUT2D eigenvalue weighted by Gasteiger charge is -2.18. The van der Waals surface area contributed by atoms with Gasteiger partial charge in [0.2, 0.25) is 5.91 Å². The van der Waals surface area contributed by atoms with Crippen LogP contribution in [0.4, 0.5) is 5.69 Å². The Morgan fingerprint density at radius 3 is 2.71 bits per heavy atom. The Bertz CT molecular complexity index is 604. The van der Waals surface area contributed by atoms with E-state index in [0.29, 0.717) is 10.3 Å². The zero-order valence-electron chi connectivity index (χ0n) is 11.5. The molecule has 2 rings (SSSR count). The van der Waals surface area contributed by atoms with E-state index in [2.05, 4.69) is 25.7 Å². The van der Waals surface area contributed by atoms with Crippen LogP contribution in [0.2, 0.25) is 0 Å². The smallest absolute Gasteiger partial charge is 0.340 e. The van der Waals surface area contributed by atoms with Crippen molar-refractivity contribution in [2.75, 3.05) is 25.7 Å². The summed E-state index contributed by atoms with van der Waals surface area (Å²) in [5, 5.41) is 0. The van der Waals surface area contributed by atoms with Crippen LogP contribution >= 0.6 is 15.9 Å². The Labute approximate surface area is 129 Å². The van der Waals surface area contributed by atoms with E-state index in [1.165, 1.54) is 31.4 Å². The van der Waals surface area contributed by atoms with Gasteiger partial charge in [0.05, 0.1) is 37.6 Å². The molecule has 0 saturated carbocycles. The topological polar surface area (TPSA) is 85.8 Å². The van der Waals surface area contributed by atoms with Gasteiger partial charge in [-0.2, -0.15) is 0 Å². The maximum absolute atomic E-state index is 12.1. The first-order valence-electron chi connectivity index (χ1n) is 6.10. The standard InChI is InChI=1S/C13H13BrN2O5/c1-20-12(18)7-3-11(17)16(6-7)9-5-15-10(14)4-8(9)13(19)21-2/h4-5,7H,3,6H2,1-2H3. The van der Waals surface area contributed by atoms with Crippen molar-refractivity contribution in [1.29, 1.82) is 0 Å². The van der Waals surface area contributed by atoms with E-state index in [1.807, 2.05) is 0 Å². The second-order valence-electron chi connectivity index (χ2n) is 4.44. The molecular formula is C13H13BrN2O5. The van der Waals surface area contributed by atoms with Crippen molar-refractivity contribution in [3.8, 4) is 0 Å². The molecule has 0 radical (unpaired) electrons. The molecule has 8 heteroatoms. The normalized spacial score (nSPS) is 17.8. The van der Waals surface area contributed by atoms with Crippen LogP contribution in [0.5, 0.6) is 0 Å². The van der Waals surface area contributed by atoms with Crippen molar-refractivity contribution in [3.05, 3.63) is 22.4 Å². The molecule has 7 nitrogen and oxygen atoms in total. The van der Waals surface area contributed by atoms with Gasteiger partial charge in [0.25, 0.3) is 0 Å². The number of esters is 2. The van der Waals surface area contributed by atoms with Crippen molar-refractivity contribution in [2.45, 2.75) is 6.42 Å². The predicted octanol–water partition coefficient (Wildman–Crippen LogP) is 1.16.